The van der Waals surface area contributed by atoms with E-state index in [0.717, 1.165) is 19.3 Å². The minimum Gasteiger partial charge on any atom is -0.505 e. The van der Waals surface area contributed by atoms with Crippen molar-refractivity contribution in [2.24, 2.45) is 11.8 Å². The predicted molar refractivity (Wildman–Crippen MR) is 183 cm³/mol. The highest BCUT2D eigenvalue weighted by Gasteiger charge is 2.52. The molecule has 0 aromatic carbocycles. The van der Waals surface area contributed by atoms with Crippen molar-refractivity contribution in [3.63, 3.8) is 0 Å². The van der Waals surface area contributed by atoms with Crippen LogP contribution in [0.15, 0.2) is 36.8 Å². The summed E-state index contributed by atoms with van der Waals surface area (Å²) in [5.74, 6) is 0.448. The summed E-state index contributed by atoms with van der Waals surface area (Å²) < 4.78 is 45.9. The van der Waals surface area contributed by atoms with E-state index in [2.05, 4.69) is 56.0 Å². The number of hydrogen-bond donors (Lipinski definition) is 5. The number of aliphatic hydroxyl groups excluding tert-OH is 1. The second-order valence-corrected chi connectivity index (χ2v) is 15.4. The number of rotatable bonds is 15. The van der Waals surface area contributed by atoms with E-state index in [-0.39, 0.29) is 54.5 Å². The second kappa shape index (κ2) is 14.6. The summed E-state index contributed by atoms with van der Waals surface area (Å²) in [7, 11) is -0.604. The Morgan fingerprint density at radius 2 is 1.65 bits per heavy atom. The van der Waals surface area contributed by atoms with E-state index in [1.807, 2.05) is 11.5 Å². The molecule has 0 saturated carbocycles. The number of nitrogens with zero attached hydrogens (tertiary/aromatic N) is 8. The number of aromatic nitrogens is 8. The fourth-order valence-corrected chi connectivity index (χ4v) is 7.98. The summed E-state index contributed by atoms with van der Waals surface area (Å²) >= 11 is 3.67. The van der Waals surface area contributed by atoms with E-state index in [1.165, 1.54) is 23.5 Å². The van der Waals surface area contributed by atoms with E-state index in [4.69, 9.17) is 34.5 Å². The summed E-state index contributed by atoms with van der Waals surface area (Å²) in [4.78, 5) is 35.3. The second-order valence-electron chi connectivity index (χ2n) is 11.9. The SMILES string of the molecule is CCC[C@H]1[C@@H](CC)[C@H](n2cnc3c(N)ncnc32)O[C@@H]1COPOC1=C(O)[C@H](n2cnc3c(N)ncnc32)O[C@]1(CCC)COP(=O)(O)S. The lowest BCUT2D eigenvalue weighted by Gasteiger charge is -2.31. The summed E-state index contributed by atoms with van der Waals surface area (Å²) in [5, 5.41) is 11.6. The van der Waals surface area contributed by atoms with Gasteiger partial charge in [-0.2, -0.15) is 0 Å². The zero-order valence-corrected chi connectivity index (χ0v) is 29.9. The molecule has 1 saturated heterocycles. The Bertz CT molecular complexity index is 1870. The van der Waals surface area contributed by atoms with Crippen LogP contribution in [0.5, 0.6) is 0 Å². The minimum atomic E-state index is -4.24. The van der Waals surface area contributed by atoms with Gasteiger partial charge in [0.05, 0.1) is 32.0 Å². The van der Waals surface area contributed by atoms with Gasteiger partial charge in [-0.05, 0) is 25.2 Å². The molecule has 18 nitrogen and oxygen atoms in total. The van der Waals surface area contributed by atoms with E-state index in [9.17, 15) is 14.6 Å². The highest BCUT2D eigenvalue weighted by atomic mass is 32.7. The summed E-state index contributed by atoms with van der Waals surface area (Å²) in [6, 6.07) is 0. The molecular formula is C28H40N10O8P2S. The van der Waals surface area contributed by atoms with Crippen LogP contribution in [-0.4, -0.2) is 74.0 Å². The van der Waals surface area contributed by atoms with Crippen LogP contribution in [0.25, 0.3) is 22.3 Å². The molecule has 2 aliphatic heterocycles. The summed E-state index contributed by atoms with van der Waals surface area (Å²) in [6.45, 7) is 1.66. The number of thiol groups is 1. The van der Waals surface area contributed by atoms with Crippen LogP contribution in [0.1, 0.15) is 65.3 Å². The third-order valence-corrected chi connectivity index (χ3v) is 10.3. The smallest absolute Gasteiger partial charge is 0.383 e. The maximum Gasteiger partial charge on any atom is 0.383 e. The van der Waals surface area contributed by atoms with Gasteiger partial charge in [0.1, 0.15) is 29.9 Å². The largest absolute Gasteiger partial charge is 0.505 e. The average Bonchev–Trinajstić information content (AvgIpc) is 3.83. The van der Waals surface area contributed by atoms with Crippen molar-refractivity contribution < 1.29 is 37.6 Å². The van der Waals surface area contributed by atoms with Gasteiger partial charge in [0, 0.05) is 5.92 Å². The molecule has 266 valence electrons. The first-order valence-corrected chi connectivity index (χ1v) is 19.4. The molecule has 6 rings (SSSR count). The zero-order valence-electron chi connectivity index (χ0n) is 27.1. The van der Waals surface area contributed by atoms with Crippen LogP contribution in [-0.2, 0) is 27.6 Å². The summed E-state index contributed by atoms with van der Waals surface area (Å²) in [6.07, 6.45) is 7.46. The monoisotopic (exact) mass is 738 g/mol. The highest BCUT2D eigenvalue weighted by Crippen LogP contribution is 2.53. The molecule has 4 aromatic heterocycles. The van der Waals surface area contributed by atoms with Crippen molar-refractivity contribution in [3.05, 3.63) is 36.8 Å². The standard InChI is InChI=1S/C28H40N10O8P2S/c1-4-7-16-15(6-3)26(37-13-35-18-22(29)31-11-33-24(18)37)44-17(16)9-42-47-46-21-20(39)27(38-14-36-19-23(30)32-12-34-25(19)38)45-28(21,8-5-2)10-43-48(40,41)49/h11-17,26-27,39,47H,4-10H2,1-3H3,(H2,29,31,33)(H2,30,32,34)(H2,40,41,49)/t15-,16+,17-,26-,27-,28-/m1/s1. The molecule has 2 aliphatic rings. The zero-order chi connectivity index (χ0) is 34.9. The molecule has 0 aliphatic carbocycles. The van der Waals surface area contributed by atoms with Gasteiger partial charge in [-0.3, -0.25) is 13.7 Å². The van der Waals surface area contributed by atoms with Crippen LogP contribution < -0.4 is 11.5 Å². The molecule has 4 aromatic rings. The summed E-state index contributed by atoms with van der Waals surface area (Å²) in [5.41, 5.74) is 12.3. The molecule has 8 atom stereocenters. The molecule has 49 heavy (non-hydrogen) atoms. The number of anilines is 2. The Hall–Kier alpha value is -3.15. The molecule has 1 fully saturated rings. The van der Waals surface area contributed by atoms with E-state index < -0.39 is 34.3 Å². The molecule has 21 heteroatoms. The topological polar surface area (TPSA) is 243 Å². The Kier molecular flexibility index (Phi) is 10.6. The predicted octanol–water partition coefficient (Wildman–Crippen LogP) is 4.60. The molecule has 0 amide bonds. The van der Waals surface area contributed by atoms with E-state index in [1.54, 1.807) is 6.33 Å². The van der Waals surface area contributed by atoms with Crippen molar-refractivity contribution in [3.8, 4) is 0 Å². The number of hydrogen-bond acceptors (Lipinski definition) is 15. The lowest BCUT2D eigenvalue weighted by atomic mass is 9.84. The first kappa shape index (κ1) is 35.7. The van der Waals surface area contributed by atoms with Crippen molar-refractivity contribution in [2.45, 2.75) is 77.0 Å². The lowest BCUT2D eigenvalue weighted by molar-refractivity contribution is -0.104. The van der Waals surface area contributed by atoms with Crippen molar-refractivity contribution in [2.75, 3.05) is 24.7 Å². The maximum atomic E-state index is 12.1. The van der Waals surface area contributed by atoms with Gasteiger partial charge in [0.2, 0.25) is 9.03 Å². The first-order chi connectivity index (χ1) is 23.5. The average molecular weight is 739 g/mol. The number of aliphatic hydroxyl groups is 1. The third-order valence-electron chi connectivity index (χ3n) is 8.89. The van der Waals surface area contributed by atoms with E-state index in [0.29, 0.717) is 34.6 Å². The fourth-order valence-electron chi connectivity index (χ4n) is 6.76. The Morgan fingerprint density at radius 3 is 2.27 bits per heavy atom. The minimum absolute atomic E-state index is 0.00716. The van der Waals surface area contributed by atoms with Gasteiger partial charge < -0.3 is 40.0 Å². The van der Waals surface area contributed by atoms with Crippen molar-refractivity contribution in [1.82, 2.24) is 39.0 Å². The normalized spacial score (nSPS) is 27.2. The van der Waals surface area contributed by atoms with Crippen LogP contribution in [0.2, 0.25) is 0 Å². The van der Waals surface area contributed by atoms with Gasteiger partial charge in [-0.1, -0.05) is 45.9 Å². The number of imidazole rings is 2. The third kappa shape index (κ3) is 6.95. The Labute approximate surface area is 288 Å². The van der Waals surface area contributed by atoms with Gasteiger partial charge in [0.15, 0.2) is 46.3 Å². The van der Waals surface area contributed by atoms with Gasteiger partial charge in [-0.25, -0.2) is 34.5 Å². The van der Waals surface area contributed by atoms with Crippen LogP contribution in [0, 0.1) is 11.8 Å². The first-order valence-electron chi connectivity index (χ1n) is 15.9. The molecule has 0 spiro atoms. The highest BCUT2D eigenvalue weighted by molar-refractivity contribution is 8.44. The van der Waals surface area contributed by atoms with Gasteiger partial charge in [0.25, 0.3) is 0 Å². The Morgan fingerprint density at radius 1 is 1.00 bits per heavy atom. The Balaban J connectivity index is 1.23. The van der Waals surface area contributed by atoms with Crippen LogP contribution in [0.4, 0.5) is 11.6 Å². The number of ether oxygens (including phenoxy) is 2. The lowest BCUT2D eigenvalue weighted by Crippen LogP contribution is -2.37. The van der Waals surface area contributed by atoms with Crippen molar-refractivity contribution in [1.29, 1.82) is 0 Å². The van der Waals surface area contributed by atoms with Crippen molar-refractivity contribution >= 4 is 62.0 Å². The molecule has 0 bridgehead atoms. The van der Waals surface area contributed by atoms with Crippen LogP contribution >= 0.6 is 28.1 Å². The quantitative estimate of drug-likeness (QED) is 0.0636. The molecule has 0 radical (unpaired) electrons. The van der Waals surface area contributed by atoms with Gasteiger partial charge >= 0.3 is 6.80 Å². The fraction of sp³-hybridized carbons (Fsp3) is 0.571. The molecule has 6 N–H and O–H groups in total. The maximum absolute atomic E-state index is 12.1. The van der Waals surface area contributed by atoms with Crippen LogP contribution in [0.3, 0.4) is 0 Å². The number of nitrogen functional groups attached to an aromatic ring is 2. The molecular weight excluding hydrogens is 698 g/mol. The van der Waals surface area contributed by atoms with Gasteiger partial charge in [-0.15, -0.1) is 0 Å². The number of nitrogens with two attached hydrogens (primary N) is 2. The van der Waals surface area contributed by atoms with E-state index >= 15 is 0 Å². The number of fused-ring (bicyclic) bond motifs is 2. The molecule has 2 unspecified atom stereocenters. The molecule has 6 heterocycles.